The van der Waals surface area contributed by atoms with Crippen LogP contribution in [0.25, 0.3) is 5.69 Å². The summed E-state index contributed by atoms with van der Waals surface area (Å²) < 4.78 is 6.72. The zero-order chi connectivity index (χ0) is 20.8. The Bertz CT molecular complexity index is 1020. The number of hydrogen-bond donors (Lipinski definition) is 1. The van der Waals surface area contributed by atoms with Gasteiger partial charge in [-0.1, -0.05) is 23.7 Å². The van der Waals surface area contributed by atoms with Crippen molar-refractivity contribution in [3.8, 4) is 11.4 Å². The summed E-state index contributed by atoms with van der Waals surface area (Å²) in [6.07, 6.45) is 3.10. The SMILES string of the molecule is CCN(CC(=O)Nc1cccc(OC)c1)C(=O)c1cnn(-c2cccc(Cl)c2)c1. The summed E-state index contributed by atoms with van der Waals surface area (Å²) in [5.74, 6) is 0.0666. The minimum absolute atomic E-state index is 0.0745. The third-order valence-corrected chi connectivity index (χ3v) is 4.49. The zero-order valence-corrected chi connectivity index (χ0v) is 16.9. The van der Waals surface area contributed by atoms with E-state index in [0.29, 0.717) is 28.6 Å². The second-order valence-electron chi connectivity index (χ2n) is 6.25. The molecule has 7 nitrogen and oxygen atoms in total. The molecule has 0 saturated heterocycles. The molecule has 1 aromatic heterocycles. The van der Waals surface area contributed by atoms with E-state index in [1.165, 1.54) is 11.1 Å². The second kappa shape index (κ2) is 9.25. The van der Waals surface area contributed by atoms with Gasteiger partial charge in [0.05, 0.1) is 24.6 Å². The molecule has 2 aromatic carbocycles. The number of nitrogens with zero attached hydrogens (tertiary/aromatic N) is 3. The van der Waals surface area contributed by atoms with Crippen molar-refractivity contribution >= 4 is 29.1 Å². The predicted octanol–water partition coefficient (Wildman–Crippen LogP) is 3.64. The maximum absolute atomic E-state index is 12.8. The highest BCUT2D eigenvalue weighted by Gasteiger charge is 2.19. The highest BCUT2D eigenvalue weighted by atomic mass is 35.5. The van der Waals surface area contributed by atoms with Gasteiger partial charge in [0.2, 0.25) is 5.91 Å². The standard InChI is InChI=1S/C21H21ClN4O3/c1-3-25(14-20(27)24-17-7-5-9-19(11-17)29-2)21(28)15-12-23-26(13-15)18-8-4-6-16(22)10-18/h4-13H,3,14H2,1-2H3,(H,24,27). The van der Waals surface area contributed by atoms with E-state index in [1.54, 1.807) is 54.4 Å². The summed E-state index contributed by atoms with van der Waals surface area (Å²) in [6.45, 7) is 2.12. The van der Waals surface area contributed by atoms with Gasteiger partial charge in [-0.25, -0.2) is 4.68 Å². The molecule has 8 heteroatoms. The average molecular weight is 413 g/mol. The van der Waals surface area contributed by atoms with Crippen LogP contribution in [-0.2, 0) is 4.79 Å². The van der Waals surface area contributed by atoms with Gasteiger partial charge in [-0.2, -0.15) is 5.10 Å². The maximum Gasteiger partial charge on any atom is 0.257 e. The van der Waals surface area contributed by atoms with Crippen LogP contribution in [0.2, 0.25) is 5.02 Å². The monoisotopic (exact) mass is 412 g/mol. The van der Waals surface area contributed by atoms with Crippen molar-refractivity contribution in [3.63, 3.8) is 0 Å². The van der Waals surface area contributed by atoms with E-state index < -0.39 is 0 Å². The number of hydrogen-bond acceptors (Lipinski definition) is 4. The Kier molecular flexibility index (Phi) is 6.51. The predicted molar refractivity (Wildman–Crippen MR) is 112 cm³/mol. The Morgan fingerprint density at radius 2 is 2.00 bits per heavy atom. The number of aromatic nitrogens is 2. The molecule has 0 bridgehead atoms. The van der Waals surface area contributed by atoms with Crippen LogP contribution < -0.4 is 10.1 Å². The number of ether oxygens (including phenoxy) is 1. The average Bonchev–Trinajstić information content (AvgIpc) is 3.22. The van der Waals surface area contributed by atoms with E-state index in [9.17, 15) is 9.59 Å². The van der Waals surface area contributed by atoms with Crippen molar-refractivity contribution in [2.24, 2.45) is 0 Å². The van der Waals surface area contributed by atoms with E-state index in [1.807, 2.05) is 19.1 Å². The Balaban J connectivity index is 1.68. The highest BCUT2D eigenvalue weighted by molar-refractivity contribution is 6.30. The molecule has 0 aliphatic heterocycles. The van der Waals surface area contributed by atoms with Gasteiger partial charge in [0.25, 0.3) is 5.91 Å². The fourth-order valence-electron chi connectivity index (χ4n) is 2.78. The van der Waals surface area contributed by atoms with E-state index in [-0.39, 0.29) is 18.4 Å². The molecule has 0 unspecified atom stereocenters. The van der Waals surface area contributed by atoms with Crippen molar-refractivity contribution < 1.29 is 14.3 Å². The van der Waals surface area contributed by atoms with Crippen molar-refractivity contribution in [3.05, 3.63) is 71.5 Å². The van der Waals surface area contributed by atoms with Crippen molar-refractivity contribution in [1.82, 2.24) is 14.7 Å². The minimum Gasteiger partial charge on any atom is -0.497 e. The first-order valence-corrected chi connectivity index (χ1v) is 9.41. The summed E-state index contributed by atoms with van der Waals surface area (Å²) in [5, 5.41) is 7.58. The van der Waals surface area contributed by atoms with E-state index >= 15 is 0 Å². The van der Waals surface area contributed by atoms with Crippen LogP contribution in [0.15, 0.2) is 60.9 Å². The number of carbonyl (C=O) groups is 2. The number of likely N-dealkylation sites (N-methyl/N-ethyl adjacent to an activating group) is 1. The molecule has 0 fully saturated rings. The number of methoxy groups -OCH3 is 1. The van der Waals surface area contributed by atoms with Gasteiger partial charge < -0.3 is 15.0 Å². The number of halogens is 1. The highest BCUT2D eigenvalue weighted by Crippen LogP contribution is 2.17. The van der Waals surface area contributed by atoms with Crippen LogP contribution in [0.5, 0.6) is 5.75 Å². The topological polar surface area (TPSA) is 76.5 Å². The summed E-state index contributed by atoms with van der Waals surface area (Å²) in [6, 6.07) is 14.2. The molecule has 0 atom stereocenters. The molecule has 0 radical (unpaired) electrons. The van der Waals surface area contributed by atoms with Gasteiger partial charge in [-0.3, -0.25) is 9.59 Å². The Morgan fingerprint density at radius 1 is 1.21 bits per heavy atom. The molecule has 3 rings (SSSR count). The van der Waals surface area contributed by atoms with Crippen LogP contribution in [0.1, 0.15) is 17.3 Å². The third-order valence-electron chi connectivity index (χ3n) is 4.26. The molecule has 0 saturated carbocycles. The molecule has 0 aliphatic rings. The van der Waals surface area contributed by atoms with Crippen LogP contribution in [0.4, 0.5) is 5.69 Å². The third kappa shape index (κ3) is 5.14. The van der Waals surface area contributed by atoms with Gasteiger partial charge in [0.1, 0.15) is 12.3 Å². The fraction of sp³-hybridized carbons (Fsp3) is 0.190. The smallest absolute Gasteiger partial charge is 0.257 e. The van der Waals surface area contributed by atoms with E-state index in [4.69, 9.17) is 16.3 Å². The normalized spacial score (nSPS) is 10.4. The first-order valence-electron chi connectivity index (χ1n) is 9.04. The van der Waals surface area contributed by atoms with Gasteiger partial charge in [-0.15, -0.1) is 0 Å². The van der Waals surface area contributed by atoms with E-state index in [2.05, 4.69) is 10.4 Å². The van der Waals surface area contributed by atoms with Gasteiger partial charge >= 0.3 is 0 Å². The summed E-state index contributed by atoms with van der Waals surface area (Å²) in [7, 11) is 1.56. The largest absolute Gasteiger partial charge is 0.497 e. The zero-order valence-electron chi connectivity index (χ0n) is 16.1. The molecule has 2 amide bonds. The first-order chi connectivity index (χ1) is 14.0. The second-order valence-corrected chi connectivity index (χ2v) is 6.69. The minimum atomic E-state index is -0.296. The lowest BCUT2D eigenvalue weighted by atomic mass is 10.2. The molecule has 3 aromatic rings. The summed E-state index contributed by atoms with van der Waals surface area (Å²) in [4.78, 5) is 26.7. The number of carbonyl (C=O) groups excluding carboxylic acids is 2. The van der Waals surface area contributed by atoms with Gasteiger partial charge in [0, 0.05) is 29.5 Å². The maximum atomic E-state index is 12.8. The van der Waals surface area contributed by atoms with Crippen LogP contribution >= 0.6 is 11.6 Å². The number of anilines is 1. The number of nitrogens with one attached hydrogen (secondary N) is 1. The number of rotatable bonds is 7. The molecule has 1 heterocycles. The van der Waals surface area contributed by atoms with E-state index in [0.717, 1.165) is 5.69 Å². The van der Waals surface area contributed by atoms with Crippen LogP contribution in [0, 0.1) is 0 Å². The van der Waals surface area contributed by atoms with Gasteiger partial charge in [0.15, 0.2) is 0 Å². The number of benzene rings is 2. The molecule has 29 heavy (non-hydrogen) atoms. The van der Waals surface area contributed by atoms with Crippen LogP contribution in [0.3, 0.4) is 0 Å². The molecule has 0 spiro atoms. The van der Waals surface area contributed by atoms with Crippen molar-refractivity contribution in [1.29, 1.82) is 0 Å². The number of amides is 2. The van der Waals surface area contributed by atoms with Crippen molar-refractivity contribution in [2.75, 3.05) is 25.5 Å². The quantitative estimate of drug-likeness (QED) is 0.642. The lowest BCUT2D eigenvalue weighted by molar-refractivity contribution is -0.116. The Morgan fingerprint density at radius 3 is 2.72 bits per heavy atom. The molecular weight excluding hydrogens is 392 g/mol. The van der Waals surface area contributed by atoms with Crippen LogP contribution in [-0.4, -0.2) is 46.7 Å². The van der Waals surface area contributed by atoms with Gasteiger partial charge in [-0.05, 0) is 37.3 Å². The molecule has 150 valence electrons. The Labute approximate surface area is 173 Å². The summed E-state index contributed by atoms with van der Waals surface area (Å²) >= 11 is 6.01. The first kappa shape index (κ1) is 20.4. The lowest BCUT2D eigenvalue weighted by Crippen LogP contribution is -2.37. The summed E-state index contributed by atoms with van der Waals surface area (Å²) in [5.41, 5.74) is 1.74. The fourth-order valence-corrected chi connectivity index (χ4v) is 2.96. The van der Waals surface area contributed by atoms with Crippen molar-refractivity contribution in [2.45, 2.75) is 6.92 Å². The Hall–Kier alpha value is -3.32. The molecular formula is C21H21ClN4O3. The molecule has 1 N–H and O–H groups in total. The lowest BCUT2D eigenvalue weighted by Gasteiger charge is -2.19. The molecule has 0 aliphatic carbocycles.